The number of H-pyrrole nitrogens is 1. The minimum atomic E-state index is -1.97. The SMILES string of the molecule is CNC(=N)NCCC[C@H](NC(=O)[C@H](CC(C)C)NC(=O)NNC(=O)[C@H](Cc1cccc(F)c1)NC(=O)[C@@H](NC(=O)[C@H](CC(N)=O)NC(=O)[C@@H]1C[C@@H](O)CN1C(=O)[C@@H](Cc1ccc(O)cc1)NC(C)=O)[C@@H](C)O)C(=O)N[C@@H](Cc1c[nH]c2ccccc12)C(N)=O. The summed E-state index contributed by atoms with van der Waals surface area (Å²) >= 11 is 0. The Morgan fingerprint density at radius 3 is 2.01 bits per heavy atom. The number of hydrazine groups is 1. The number of hydrogen-bond donors (Lipinski definition) is 18. The Hall–Kier alpha value is -9.91. The van der Waals surface area contributed by atoms with Gasteiger partial charge in [0.1, 0.15) is 59.9 Å². The number of aromatic nitrogens is 1. The maximum Gasteiger partial charge on any atom is 0.334 e. The largest absolute Gasteiger partial charge is 0.508 e. The van der Waals surface area contributed by atoms with Gasteiger partial charge in [0.05, 0.1) is 18.6 Å². The predicted octanol–water partition coefficient (Wildman–Crippen LogP) is -3.06. The fourth-order valence-electron chi connectivity index (χ4n) is 9.79. The van der Waals surface area contributed by atoms with Gasteiger partial charge in [0.25, 0.3) is 5.91 Å². The quantitative estimate of drug-likeness (QED) is 0.0107. The van der Waals surface area contributed by atoms with E-state index in [1.165, 1.54) is 43.4 Å². The Balaban J connectivity index is 1.29. The highest BCUT2D eigenvalue weighted by atomic mass is 19.1. The molecule has 1 aromatic heterocycles. The van der Waals surface area contributed by atoms with E-state index in [1.54, 1.807) is 26.1 Å². The van der Waals surface area contributed by atoms with E-state index in [4.69, 9.17) is 16.9 Å². The minimum absolute atomic E-state index is 0.00287. The van der Waals surface area contributed by atoms with E-state index in [-0.39, 0.29) is 74.8 Å². The summed E-state index contributed by atoms with van der Waals surface area (Å²) in [5.74, 6) is -10.8. The molecule has 1 fully saturated rings. The Bertz CT molecular complexity index is 3200. The average Bonchev–Trinajstić information content (AvgIpc) is 1.97. The monoisotopic (exact) mass is 1240 g/mol. The lowest BCUT2D eigenvalue weighted by Crippen LogP contribution is -2.62. The number of guanidine groups is 1. The first kappa shape index (κ1) is 69.9. The summed E-state index contributed by atoms with van der Waals surface area (Å²) in [6, 6.07) is 4.44. The van der Waals surface area contributed by atoms with Crippen molar-refractivity contribution in [3.8, 4) is 5.75 Å². The third-order valence-electron chi connectivity index (χ3n) is 14.2. The van der Waals surface area contributed by atoms with Crippen molar-refractivity contribution in [3.05, 3.63) is 102 Å². The van der Waals surface area contributed by atoms with Gasteiger partial charge in [-0.1, -0.05) is 56.3 Å². The Morgan fingerprint density at radius 1 is 0.719 bits per heavy atom. The molecular formula is C58H79FN16O14. The third kappa shape index (κ3) is 21.8. The molecule has 12 amide bonds. The van der Waals surface area contributed by atoms with Crippen LogP contribution in [0.5, 0.6) is 5.75 Å². The zero-order chi connectivity index (χ0) is 65.6. The number of phenolic OH excluding ortho intramolecular Hbond substituents is 1. The number of aromatic hydroxyl groups is 1. The summed E-state index contributed by atoms with van der Waals surface area (Å²) in [7, 11) is 1.53. The summed E-state index contributed by atoms with van der Waals surface area (Å²) < 4.78 is 14.5. The summed E-state index contributed by atoms with van der Waals surface area (Å²) in [4.78, 5) is 153. The number of hydrogen-bond acceptors (Lipinski definition) is 15. The molecule has 0 saturated carbocycles. The molecule has 3 aromatic carbocycles. The average molecular weight is 1240 g/mol. The van der Waals surface area contributed by atoms with Crippen molar-refractivity contribution in [2.24, 2.45) is 17.4 Å². The number of rotatable bonds is 30. The molecule has 0 aliphatic carbocycles. The van der Waals surface area contributed by atoms with Gasteiger partial charge in [0, 0.05) is 69.8 Å². The van der Waals surface area contributed by atoms with Gasteiger partial charge >= 0.3 is 6.03 Å². The molecule has 1 saturated heterocycles. The number of fused-ring (bicyclic) bond motifs is 1. The highest BCUT2D eigenvalue weighted by Gasteiger charge is 2.43. The highest BCUT2D eigenvalue weighted by molar-refractivity contribution is 5.99. The molecule has 10 atom stereocenters. The van der Waals surface area contributed by atoms with Crippen LogP contribution >= 0.6 is 0 Å². The molecule has 31 heteroatoms. The maximum atomic E-state index is 14.5. The first-order valence-electron chi connectivity index (χ1n) is 28.6. The number of carbonyl (C=O) groups is 11. The van der Waals surface area contributed by atoms with Gasteiger partial charge in [-0.05, 0) is 79.1 Å². The molecule has 89 heavy (non-hydrogen) atoms. The van der Waals surface area contributed by atoms with Gasteiger partial charge in [0.2, 0.25) is 53.2 Å². The summed E-state index contributed by atoms with van der Waals surface area (Å²) in [6.07, 6.45) is -3.02. The van der Waals surface area contributed by atoms with Crippen LogP contribution in [-0.4, -0.2) is 177 Å². The first-order chi connectivity index (χ1) is 42.1. The molecule has 0 bridgehead atoms. The molecule has 2 heterocycles. The van der Waals surface area contributed by atoms with Crippen molar-refractivity contribution >= 4 is 82.0 Å². The Kier molecular flexibility index (Phi) is 26.1. The van der Waals surface area contributed by atoms with Crippen LogP contribution in [0.4, 0.5) is 9.18 Å². The van der Waals surface area contributed by atoms with Gasteiger partial charge in [-0.15, -0.1) is 0 Å². The van der Waals surface area contributed by atoms with Gasteiger partial charge < -0.3 is 84.5 Å². The number of benzene rings is 3. The smallest absolute Gasteiger partial charge is 0.334 e. The second-order valence-corrected chi connectivity index (χ2v) is 21.9. The number of nitrogens with two attached hydrogens (primary N) is 2. The lowest BCUT2D eigenvalue weighted by molar-refractivity contribution is -0.142. The van der Waals surface area contributed by atoms with E-state index in [0.717, 1.165) is 41.8 Å². The van der Waals surface area contributed by atoms with Crippen molar-refractivity contribution in [1.82, 2.24) is 68.6 Å². The number of aliphatic hydroxyl groups is 2. The van der Waals surface area contributed by atoms with E-state index < -0.39 is 144 Å². The van der Waals surface area contributed by atoms with Gasteiger partial charge in [-0.2, -0.15) is 0 Å². The number of urea groups is 1. The highest BCUT2D eigenvalue weighted by Crippen LogP contribution is 2.23. The summed E-state index contributed by atoms with van der Waals surface area (Å²) in [6.45, 7) is 5.51. The summed E-state index contributed by atoms with van der Waals surface area (Å²) in [5, 5.41) is 62.5. The van der Waals surface area contributed by atoms with E-state index in [9.17, 15) is 72.4 Å². The number of primary amides is 2. The number of para-hydroxylation sites is 1. The molecular weight excluding hydrogens is 1160 g/mol. The van der Waals surface area contributed by atoms with E-state index in [2.05, 4.69) is 63.7 Å². The molecule has 482 valence electrons. The number of carbonyl (C=O) groups excluding carboxylic acids is 11. The van der Waals surface area contributed by atoms with Gasteiger partial charge in [0.15, 0.2) is 5.96 Å². The van der Waals surface area contributed by atoms with Crippen LogP contribution in [0, 0.1) is 17.1 Å². The molecule has 4 aromatic rings. The van der Waals surface area contributed by atoms with Crippen LogP contribution in [-0.2, 0) is 67.2 Å². The first-order valence-corrected chi connectivity index (χ1v) is 28.6. The number of β-amino-alcohol motifs (C(OH)–C–C–N with tert-alkyl or cyclic N) is 1. The van der Waals surface area contributed by atoms with Crippen LogP contribution in [0.1, 0.15) is 76.5 Å². The number of halogens is 1. The number of amides is 12. The van der Waals surface area contributed by atoms with Crippen molar-refractivity contribution in [2.75, 3.05) is 20.1 Å². The van der Waals surface area contributed by atoms with Crippen LogP contribution in [0.25, 0.3) is 10.9 Å². The molecule has 30 nitrogen and oxygen atoms in total. The fraction of sp³-hybridized carbons (Fsp3) is 0.448. The molecule has 20 N–H and O–H groups in total. The number of phenols is 1. The third-order valence-corrected chi connectivity index (χ3v) is 14.2. The Morgan fingerprint density at radius 2 is 1.37 bits per heavy atom. The van der Waals surface area contributed by atoms with E-state index >= 15 is 0 Å². The molecule has 0 spiro atoms. The lowest BCUT2D eigenvalue weighted by Gasteiger charge is -2.30. The van der Waals surface area contributed by atoms with E-state index in [1.807, 2.05) is 18.2 Å². The molecule has 0 radical (unpaired) electrons. The van der Waals surface area contributed by atoms with Gasteiger partial charge in [-0.3, -0.25) is 58.8 Å². The zero-order valence-corrected chi connectivity index (χ0v) is 49.7. The van der Waals surface area contributed by atoms with Crippen LogP contribution < -0.4 is 70.2 Å². The van der Waals surface area contributed by atoms with Crippen molar-refractivity contribution < 1.29 is 72.4 Å². The molecule has 1 aliphatic heterocycles. The van der Waals surface area contributed by atoms with Crippen molar-refractivity contribution in [1.29, 1.82) is 5.41 Å². The number of aromatic amines is 1. The van der Waals surface area contributed by atoms with Crippen LogP contribution in [0.2, 0.25) is 0 Å². The van der Waals surface area contributed by atoms with Crippen LogP contribution in [0.3, 0.4) is 0 Å². The normalized spacial score (nSPS) is 16.3. The number of nitrogens with zero attached hydrogens (tertiary/aromatic N) is 1. The van der Waals surface area contributed by atoms with Crippen molar-refractivity contribution in [3.63, 3.8) is 0 Å². The predicted molar refractivity (Wildman–Crippen MR) is 319 cm³/mol. The van der Waals surface area contributed by atoms with Crippen molar-refractivity contribution in [2.45, 2.75) is 140 Å². The molecule has 1 aliphatic rings. The molecule has 5 rings (SSSR count). The summed E-state index contributed by atoms with van der Waals surface area (Å²) in [5.41, 5.74) is 17.6. The Labute approximate surface area is 511 Å². The van der Waals surface area contributed by atoms with E-state index in [0.29, 0.717) is 11.1 Å². The lowest BCUT2D eigenvalue weighted by atomic mass is 10.0. The fourth-order valence-corrected chi connectivity index (χ4v) is 9.79. The zero-order valence-electron chi connectivity index (χ0n) is 49.7. The second kappa shape index (κ2) is 33.3. The molecule has 0 unspecified atom stereocenters. The number of nitrogens with one attached hydrogen (secondary N) is 13. The topological polar surface area (TPSA) is 476 Å². The van der Waals surface area contributed by atoms with Gasteiger partial charge in [-0.25, -0.2) is 14.6 Å². The second-order valence-electron chi connectivity index (χ2n) is 21.9. The minimum Gasteiger partial charge on any atom is -0.508 e. The van der Waals surface area contributed by atoms with Crippen LogP contribution in [0.15, 0.2) is 79.0 Å². The standard InChI is InChI=1S/C58H79FN16O14/c1-29(2)20-42(51(83)67-40(14-9-19-64-57(62)63-5)50(82)68-41(49(61)81)24-34-27-65-39-13-7-6-12-38(34)39)71-58(89)74-73-53(85)43(23-33-10-8-11-35(59)21-33)70-55(87)48(30(3)76)72-52(84)44(26-47(60)80)69-54(86)46-25-37(79)28-75(46)56(88)45(66-31(4)77)22-32-15-17-36(78)18-16-32/h6-8,10-13,15-18,21,27,29-30,37,40-46,48,65,76,78-79H,9,14,19-20,22-26,28H2,1-5H3,(H2,60,80)(H2,61,81)(H,66,77)(H,67,83)(H,68,82)(H,69,86)(H,70,87)(H,72,84)(H,73,85)(H3,62,63,64)(H2,71,74,89)/t30-,37-,40+,41+,42+,43+,44+,45-,46+,48+/m1/s1. The maximum absolute atomic E-state index is 14.5. The number of aliphatic hydroxyl groups excluding tert-OH is 2. The number of likely N-dealkylation sites (tertiary alicyclic amines) is 1.